The normalized spacial score (nSPS) is 25.9. The summed E-state index contributed by atoms with van der Waals surface area (Å²) in [5.41, 5.74) is -1.02. The first-order valence-corrected chi connectivity index (χ1v) is 6.09. The fourth-order valence-corrected chi connectivity index (χ4v) is 2.00. The first-order valence-electron chi connectivity index (χ1n) is 6.09. The molecule has 0 radical (unpaired) electrons. The predicted octanol–water partition coefficient (Wildman–Crippen LogP) is 1.24. The summed E-state index contributed by atoms with van der Waals surface area (Å²) in [6, 6.07) is 0. The Labute approximate surface area is 106 Å². The van der Waals surface area contributed by atoms with Crippen LogP contribution in [0.15, 0.2) is 0 Å². The highest BCUT2D eigenvalue weighted by atomic mass is 16.6. The molecule has 2 rings (SSSR count). The van der Waals surface area contributed by atoms with Gasteiger partial charge in [0.1, 0.15) is 5.60 Å². The highest BCUT2D eigenvalue weighted by Gasteiger charge is 2.53. The molecule has 0 aromatic heterocycles. The van der Waals surface area contributed by atoms with Crippen molar-refractivity contribution in [2.24, 2.45) is 0 Å². The van der Waals surface area contributed by atoms with Crippen LogP contribution in [0, 0.1) is 0 Å². The number of carbonyl (C=O) groups is 2. The fraction of sp³-hybridized carbons (Fsp3) is 0.833. The van der Waals surface area contributed by atoms with Crippen LogP contribution in [0.3, 0.4) is 0 Å². The minimum Gasteiger partial charge on any atom is -0.479 e. The lowest BCUT2D eigenvalue weighted by atomic mass is 10.2. The lowest BCUT2D eigenvalue weighted by Gasteiger charge is -2.37. The standard InChI is InChI=1S/C12H19NO5/c1-11(2,3)18-10(16)13-6-8(9(14)15)17-12(7-13)4-5-12/h8H,4-7H2,1-3H3,(H,14,15)/t8-/m1/s1. The van der Waals surface area contributed by atoms with E-state index in [-0.39, 0.29) is 6.54 Å². The van der Waals surface area contributed by atoms with Crippen molar-refractivity contribution in [3.8, 4) is 0 Å². The van der Waals surface area contributed by atoms with Crippen LogP contribution in [-0.2, 0) is 14.3 Å². The molecule has 0 aromatic rings. The monoisotopic (exact) mass is 257 g/mol. The predicted molar refractivity (Wildman–Crippen MR) is 62.3 cm³/mol. The molecule has 1 saturated heterocycles. The van der Waals surface area contributed by atoms with Crippen molar-refractivity contribution >= 4 is 12.1 Å². The van der Waals surface area contributed by atoms with E-state index >= 15 is 0 Å². The van der Waals surface area contributed by atoms with Gasteiger partial charge in [-0.15, -0.1) is 0 Å². The van der Waals surface area contributed by atoms with Crippen LogP contribution in [0.25, 0.3) is 0 Å². The van der Waals surface area contributed by atoms with Crippen LogP contribution >= 0.6 is 0 Å². The number of hydrogen-bond acceptors (Lipinski definition) is 4. The van der Waals surface area contributed by atoms with Crippen LogP contribution in [0.4, 0.5) is 4.79 Å². The second-order valence-electron chi connectivity index (χ2n) is 5.99. The van der Waals surface area contributed by atoms with Gasteiger partial charge in [0.05, 0.1) is 18.7 Å². The molecule has 1 heterocycles. The number of amides is 1. The number of morpholine rings is 1. The van der Waals surface area contributed by atoms with Gasteiger partial charge in [0.2, 0.25) is 0 Å². The summed E-state index contributed by atoms with van der Waals surface area (Å²) >= 11 is 0. The van der Waals surface area contributed by atoms with Gasteiger partial charge in [0.25, 0.3) is 0 Å². The molecular weight excluding hydrogens is 238 g/mol. The van der Waals surface area contributed by atoms with E-state index in [0.29, 0.717) is 6.54 Å². The zero-order valence-corrected chi connectivity index (χ0v) is 10.9. The van der Waals surface area contributed by atoms with Gasteiger partial charge in [-0.05, 0) is 33.6 Å². The van der Waals surface area contributed by atoms with E-state index in [2.05, 4.69) is 0 Å². The van der Waals surface area contributed by atoms with Crippen LogP contribution in [0.2, 0.25) is 0 Å². The highest BCUT2D eigenvalue weighted by Crippen LogP contribution is 2.43. The molecule has 1 aliphatic heterocycles. The molecule has 6 heteroatoms. The Bertz CT molecular complexity index is 369. The summed E-state index contributed by atoms with van der Waals surface area (Å²) in [6.07, 6.45) is 0.184. The van der Waals surface area contributed by atoms with Gasteiger partial charge in [-0.2, -0.15) is 0 Å². The lowest BCUT2D eigenvalue weighted by molar-refractivity contribution is -0.166. The molecule has 1 saturated carbocycles. The third-order valence-electron chi connectivity index (χ3n) is 2.99. The van der Waals surface area contributed by atoms with Crippen LogP contribution in [0.1, 0.15) is 33.6 Å². The number of aliphatic carboxylic acids is 1. The summed E-state index contributed by atoms with van der Waals surface area (Å²) in [5, 5.41) is 9.03. The van der Waals surface area contributed by atoms with Gasteiger partial charge >= 0.3 is 12.1 Å². The Hall–Kier alpha value is -1.30. The minimum absolute atomic E-state index is 0.0476. The molecule has 2 fully saturated rings. The van der Waals surface area contributed by atoms with Crippen molar-refractivity contribution in [2.75, 3.05) is 13.1 Å². The molecule has 102 valence electrons. The molecule has 1 atom stereocenters. The van der Waals surface area contributed by atoms with Crippen molar-refractivity contribution in [1.29, 1.82) is 0 Å². The largest absolute Gasteiger partial charge is 0.479 e. The number of hydrogen-bond donors (Lipinski definition) is 1. The summed E-state index contributed by atoms with van der Waals surface area (Å²) in [7, 11) is 0. The molecule has 2 aliphatic rings. The SMILES string of the molecule is CC(C)(C)OC(=O)N1C[C@H](C(=O)O)OC2(CC2)C1. The Morgan fingerprint density at radius 1 is 1.39 bits per heavy atom. The molecule has 0 aromatic carbocycles. The summed E-state index contributed by atoms with van der Waals surface area (Å²) in [6.45, 7) is 5.82. The van der Waals surface area contributed by atoms with Gasteiger partial charge in [-0.3, -0.25) is 0 Å². The maximum atomic E-state index is 12.0. The van der Waals surface area contributed by atoms with Crippen LogP contribution in [-0.4, -0.2) is 52.5 Å². The third kappa shape index (κ3) is 2.93. The molecule has 1 spiro atoms. The number of nitrogens with zero attached hydrogens (tertiary/aromatic N) is 1. The average Bonchev–Trinajstić information content (AvgIpc) is 2.94. The minimum atomic E-state index is -1.03. The summed E-state index contributed by atoms with van der Waals surface area (Å²) in [4.78, 5) is 24.4. The Kier molecular flexibility index (Phi) is 3.01. The van der Waals surface area contributed by atoms with E-state index in [4.69, 9.17) is 14.6 Å². The van der Waals surface area contributed by atoms with E-state index in [9.17, 15) is 9.59 Å². The van der Waals surface area contributed by atoms with Gasteiger partial charge < -0.3 is 19.5 Å². The van der Waals surface area contributed by atoms with E-state index in [0.717, 1.165) is 12.8 Å². The zero-order valence-electron chi connectivity index (χ0n) is 10.9. The van der Waals surface area contributed by atoms with E-state index in [1.54, 1.807) is 20.8 Å². The number of carboxylic acid groups (broad SMARTS) is 1. The van der Waals surface area contributed by atoms with Crippen molar-refractivity contribution in [1.82, 2.24) is 4.90 Å². The Morgan fingerprint density at radius 3 is 2.44 bits per heavy atom. The van der Waals surface area contributed by atoms with Crippen molar-refractivity contribution < 1.29 is 24.2 Å². The molecule has 1 aliphatic carbocycles. The smallest absolute Gasteiger partial charge is 0.410 e. The second kappa shape index (κ2) is 4.12. The molecule has 1 amide bonds. The Balaban J connectivity index is 2.04. The average molecular weight is 257 g/mol. The molecule has 0 bridgehead atoms. The van der Waals surface area contributed by atoms with Gasteiger partial charge in [-0.25, -0.2) is 9.59 Å². The van der Waals surface area contributed by atoms with Crippen molar-refractivity contribution in [2.45, 2.75) is 50.9 Å². The zero-order chi connectivity index (χ0) is 13.6. The first-order chi connectivity index (χ1) is 8.21. The van der Waals surface area contributed by atoms with Crippen LogP contribution in [0.5, 0.6) is 0 Å². The number of carboxylic acids is 1. The fourth-order valence-electron chi connectivity index (χ4n) is 2.00. The van der Waals surface area contributed by atoms with Crippen molar-refractivity contribution in [3.05, 3.63) is 0 Å². The second-order valence-corrected chi connectivity index (χ2v) is 5.99. The molecule has 18 heavy (non-hydrogen) atoms. The topological polar surface area (TPSA) is 76.1 Å². The van der Waals surface area contributed by atoms with Gasteiger partial charge in [0.15, 0.2) is 6.10 Å². The maximum absolute atomic E-state index is 12.0. The molecule has 0 unspecified atom stereocenters. The molecular formula is C12H19NO5. The first kappa shape index (κ1) is 13.1. The van der Waals surface area contributed by atoms with Crippen molar-refractivity contribution in [3.63, 3.8) is 0 Å². The quantitative estimate of drug-likeness (QED) is 0.764. The van der Waals surface area contributed by atoms with E-state index < -0.39 is 29.4 Å². The number of ether oxygens (including phenoxy) is 2. The van der Waals surface area contributed by atoms with Gasteiger partial charge in [-0.1, -0.05) is 0 Å². The highest BCUT2D eigenvalue weighted by molar-refractivity contribution is 5.75. The summed E-state index contributed by atoms with van der Waals surface area (Å²) < 4.78 is 10.8. The van der Waals surface area contributed by atoms with E-state index in [1.807, 2.05) is 0 Å². The van der Waals surface area contributed by atoms with E-state index in [1.165, 1.54) is 4.90 Å². The van der Waals surface area contributed by atoms with Crippen LogP contribution < -0.4 is 0 Å². The molecule has 1 N–H and O–H groups in total. The summed E-state index contributed by atoms with van der Waals surface area (Å²) in [5.74, 6) is -1.03. The maximum Gasteiger partial charge on any atom is 0.410 e. The molecule has 6 nitrogen and oxygen atoms in total. The third-order valence-corrected chi connectivity index (χ3v) is 2.99. The Morgan fingerprint density at radius 2 is 2.00 bits per heavy atom. The van der Waals surface area contributed by atoms with Gasteiger partial charge in [0, 0.05) is 0 Å². The lowest BCUT2D eigenvalue weighted by Crippen LogP contribution is -2.54. The number of carbonyl (C=O) groups excluding carboxylic acids is 1. The number of rotatable bonds is 1.